The first-order chi connectivity index (χ1) is 22.7. The zero-order chi connectivity index (χ0) is 33.1. The van der Waals surface area contributed by atoms with Gasteiger partial charge in [-0.1, -0.05) is 62.8 Å². The van der Waals surface area contributed by atoms with Gasteiger partial charge in [-0.05, 0) is 67.6 Å². The molecule has 242 valence electrons. The number of ether oxygens (including phenoxy) is 1. The number of unbranched alkanes of at least 4 members (excludes halogenated alkanes) is 1. The smallest absolute Gasteiger partial charge is 0.267 e. The van der Waals surface area contributed by atoms with Gasteiger partial charge in [-0.3, -0.25) is 9.59 Å². The summed E-state index contributed by atoms with van der Waals surface area (Å²) in [7, 11) is 1.54. The molecule has 1 aromatic heterocycles. The SMILES string of the molecule is C=Cc1c(OC)ccc2c1C(=O)N(CC1(C#Cc3ccc(-c4cccc(N5CCC(CCCC)CC5)n4)c(F)c3)N=C(C)NC1=O)C2. The molecule has 9 heteroatoms. The molecule has 1 atom stereocenters. The van der Waals surface area contributed by atoms with Gasteiger partial charge in [-0.15, -0.1) is 0 Å². The van der Waals surface area contributed by atoms with Crippen molar-refractivity contribution < 1.29 is 18.7 Å². The molecule has 0 bridgehead atoms. The van der Waals surface area contributed by atoms with Crippen LogP contribution in [-0.4, -0.2) is 59.8 Å². The topological polar surface area (TPSA) is 87.1 Å². The summed E-state index contributed by atoms with van der Waals surface area (Å²) in [5.41, 5.74) is 1.69. The molecule has 47 heavy (non-hydrogen) atoms. The summed E-state index contributed by atoms with van der Waals surface area (Å²) in [6, 6.07) is 14.1. The van der Waals surface area contributed by atoms with Gasteiger partial charge in [0.05, 0.1) is 24.9 Å². The van der Waals surface area contributed by atoms with E-state index in [1.165, 1.54) is 25.3 Å². The lowest BCUT2D eigenvalue weighted by molar-refractivity contribution is -0.122. The molecule has 0 aliphatic carbocycles. The van der Waals surface area contributed by atoms with E-state index in [0.29, 0.717) is 39.5 Å². The summed E-state index contributed by atoms with van der Waals surface area (Å²) in [4.78, 5) is 40.0. The Morgan fingerprint density at radius 2 is 1.98 bits per heavy atom. The monoisotopic (exact) mass is 633 g/mol. The summed E-state index contributed by atoms with van der Waals surface area (Å²) < 4.78 is 21.0. The fourth-order valence-corrected chi connectivity index (χ4v) is 6.78. The largest absolute Gasteiger partial charge is 0.496 e. The van der Waals surface area contributed by atoms with Crippen molar-refractivity contribution in [2.75, 3.05) is 31.6 Å². The van der Waals surface area contributed by atoms with Crippen LogP contribution in [0.4, 0.5) is 10.2 Å². The number of amides is 2. The van der Waals surface area contributed by atoms with Crippen molar-refractivity contribution in [2.45, 2.75) is 58.0 Å². The second kappa shape index (κ2) is 13.4. The Morgan fingerprint density at radius 3 is 2.66 bits per heavy atom. The minimum Gasteiger partial charge on any atom is -0.496 e. The second-order valence-corrected chi connectivity index (χ2v) is 12.5. The maximum atomic E-state index is 15.6. The van der Waals surface area contributed by atoms with E-state index < -0.39 is 17.3 Å². The van der Waals surface area contributed by atoms with Gasteiger partial charge in [-0.25, -0.2) is 14.4 Å². The number of halogens is 1. The molecule has 1 unspecified atom stereocenters. The van der Waals surface area contributed by atoms with Crippen molar-refractivity contribution in [1.82, 2.24) is 15.2 Å². The van der Waals surface area contributed by atoms with Crippen LogP contribution in [0, 0.1) is 23.6 Å². The average molecular weight is 634 g/mol. The van der Waals surface area contributed by atoms with Crippen molar-refractivity contribution in [3.8, 4) is 28.8 Å². The van der Waals surface area contributed by atoms with Gasteiger partial charge in [0.1, 0.15) is 23.2 Å². The maximum Gasteiger partial charge on any atom is 0.267 e. The van der Waals surface area contributed by atoms with E-state index in [1.807, 2.05) is 24.3 Å². The molecule has 3 aliphatic rings. The van der Waals surface area contributed by atoms with Crippen molar-refractivity contribution in [1.29, 1.82) is 0 Å². The third kappa shape index (κ3) is 6.37. The zero-order valence-corrected chi connectivity index (χ0v) is 27.2. The summed E-state index contributed by atoms with van der Waals surface area (Å²) in [5, 5.41) is 2.73. The number of nitrogens with zero attached hydrogens (tertiary/aromatic N) is 4. The number of hydrogen-bond acceptors (Lipinski definition) is 6. The lowest BCUT2D eigenvalue weighted by Crippen LogP contribution is -2.48. The van der Waals surface area contributed by atoms with Crippen LogP contribution in [0.2, 0.25) is 0 Å². The van der Waals surface area contributed by atoms with E-state index in [0.717, 1.165) is 43.2 Å². The van der Waals surface area contributed by atoms with Gasteiger partial charge >= 0.3 is 0 Å². The number of nitrogens with one attached hydrogen (secondary N) is 1. The van der Waals surface area contributed by atoms with Crippen LogP contribution in [0.15, 0.2) is 60.1 Å². The number of methoxy groups -OCH3 is 1. The number of carbonyl (C=O) groups excluding carboxylic acids is 2. The predicted molar refractivity (Wildman–Crippen MR) is 183 cm³/mol. The van der Waals surface area contributed by atoms with E-state index >= 15 is 4.39 Å². The van der Waals surface area contributed by atoms with Gasteiger partial charge in [0.15, 0.2) is 0 Å². The molecule has 0 radical (unpaired) electrons. The number of carbonyl (C=O) groups is 2. The molecule has 0 spiro atoms. The van der Waals surface area contributed by atoms with E-state index in [2.05, 4.69) is 40.6 Å². The average Bonchev–Trinajstić information content (AvgIpc) is 3.55. The third-order valence-electron chi connectivity index (χ3n) is 9.32. The van der Waals surface area contributed by atoms with Gasteiger partial charge < -0.3 is 19.9 Å². The molecule has 3 aromatic rings. The number of rotatable bonds is 9. The first-order valence-corrected chi connectivity index (χ1v) is 16.3. The molecule has 3 aliphatic heterocycles. The maximum absolute atomic E-state index is 15.6. The highest BCUT2D eigenvalue weighted by atomic mass is 19.1. The summed E-state index contributed by atoms with van der Waals surface area (Å²) in [6.45, 7) is 9.89. The van der Waals surface area contributed by atoms with Crippen molar-refractivity contribution in [2.24, 2.45) is 10.9 Å². The number of aliphatic imine (C=N–C) groups is 1. The zero-order valence-electron chi connectivity index (χ0n) is 27.2. The molecule has 0 saturated carbocycles. The highest BCUT2D eigenvalue weighted by Crippen LogP contribution is 2.35. The van der Waals surface area contributed by atoms with Crippen LogP contribution in [0.5, 0.6) is 5.75 Å². The van der Waals surface area contributed by atoms with Crippen LogP contribution in [0.25, 0.3) is 17.3 Å². The van der Waals surface area contributed by atoms with Gasteiger partial charge in [-0.2, -0.15) is 0 Å². The minimum atomic E-state index is -1.55. The normalized spacial score (nSPS) is 19.2. The molecule has 2 amide bonds. The number of piperidine rings is 1. The fourth-order valence-electron chi connectivity index (χ4n) is 6.78. The van der Waals surface area contributed by atoms with E-state index in [-0.39, 0.29) is 19.0 Å². The number of benzene rings is 2. The highest BCUT2D eigenvalue weighted by Gasteiger charge is 2.46. The number of fused-ring (bicyclic) bond motifs is 1. The number of hydrogen-bond donors (Lipinski definition) is 1. The van der Waals surface area contributed by atoms with Crippen LogP contribution in [0.3, 0.4) is 0 Å². The standard InChI is InChI=1S/C38H40FN5O3/c1-5-7-9-26-17-20-43(21-18-26)34-11-8-10-32(41-34)30-14-12-27(22-31(30)39)16-19-38(37(46)40-25(3)42-38)24-44-23-28-13-15-33(47-4)29(6-2)35(28)36(44)45/h6,8,10-15,22,26H,2,5,7,9,17-18,20-21,23-24H2,1,3-4H3,(H,40,42,46). The first-order valence-electron chi connectivity index (χ1n) is 16.3. The molecular weight excluding hydrogens is 593 g/mol. The van der Waals surface area contributed by atoms with Gasteiger partial charge in [0.2, 0.25) is 5.54 Å². The van der Waals surface area contributed by atoms with Crippen molar-refractivity contribution in [3.05, 3.63) is 83.2 Å². The third-order valence-corrected chi connectivity index (χ3v) is 9.32. The Morgan fingerprint density at radius 1 is 1.17 bits per heavy atom. The van der Waals surface area contributed by atoms with Crippen LogP contribution >= 0.6 is 0 Å². The molecule has 8 nitrogen and oxygen atoms in total. The Bertz CT molecular complexity index is 1820. The number of aromatic nitrogens is 1. The Hall–Kier alpha value is -4.97. The highest BCUT2D eigenvalue weighted by molar-refractivity contribution is 6.10. The van der Waals surface area contributed by atoms with Crippen LogP contribution < -0.4 is 15.0 Å². The summed E-state index contributed by atoms with van der Waals surface area (Å²) in [6.07, 6.45) is 7.69. The number of amidine groups is 1. The van der Waals surface area contributed by atoms with Crippen LogP contribution in [-0.2, 0) is 11.3 Å². The minimum absolute atomic E-state index is 0.0668. The second-order valence-electron chi connectivity index (χ2n) is 12.5. The van der Waals surface area contributed by atoms with Gasteiger partial charge in [0, 0.05) is 36.3 Å². The molecule has 2 aromatic carbocycles. The molecule has 1 saturated heterocycles. The van der Waals surface area contributed by atoms with E-state index in [1.54, 1.807) is 43.2 Å². The Labute approximate surface area is 275 Å². The molecule has 6 rings (SSSR count). The number of anilines is 1. The van der Waals surface area contributed by atoms with Crippen molar-refractivity contribution >= 4 is 29.5 Å². The van der Waals surface area contributed by atoms with E-state index in [4.69, 9.17) is 9.72 Å². The molecule has 1 fully saturated rings. The van der Waals surface area contributed by atoms with Gasteiger partial charge in [0.25, 0.3) is 11.8 Å². The van der Waals surface area contributed by atoms with Crippen molar-refractivity contribution in [3.63, 3.8) is 0 Å². The Balaban J connectivity index is 1.22. The molecular formula is C38H40FN5O3. The Kier molecular flexibility index (Phi) is 9.12. The molecule has 1 N–H and O–H groups in total. The number of pyridine rings is 1. The fraction of sp³-hybridized carbons (Fsp3) is 0.368. The van der Waals surface area contributed by atoms with Crippen LogP contribution in [0.1, 0.15) is 73.0 Å². The van der Waals surface area contributed by atoms with E-state index in [9.17, 15) is 9.59 Å². The summed E-state index contributed by atoms with van der Waals surface area (Å²) in [5.74, 6) is 7.40. The lowest BCUT2D eigenvalue weighted by Gasteiger charge is -2.33. The molecule has 4 heterocycles. The quantitative estimate of drug-likeness (QED) is 0.282. The first kappa shape index (κ1) is 32.0. The lowest BCUT2D eigenvalue weighted by atomic mass is 9.92. The summed E-state index contributed by atoms with van der Waals surface area (Å²) >= 11 is 0. The predicted octanol–water partition coefficient (Wildman–Crippen LogP) is 6.24.